The van der Waals surface area contributed by atoms with Gasteiger partial charge in [-0.05, 0) is 55.0 Å². The van der Waals surface area contributed by atoms with Gasteiger partial charge in [-0.3, -0.25) is 14.4 Å². The molecular formula is C28H25ClF3N3O4. The lowest BCUT2D eigenvalue weighted by Crippen LogP contribution is -2.32. The number of alkyl halides is 3. The number of amides is 3. The molecule has 2 N–H and O–H groups in total. The molecule has 1 atom stereocenters. The van der Waals surface area contributed by atoms with Crippen LogP contribution in [0.1, 0.15) is 23.1 Å². The topological polar surface area (TPSA) is 87.7 Å². The van der Waals surface area contributed by atoms with E-state index in [4.69, 9.17) is 16.3 Å². The van der Waals surface area contributed by atoms with Crippen molar-refractivity contribution in [1.29, 1.82) is 0 Å². The Morgan fingerprint density at radius 2 is 1.74 bits per heavy atom. The summed E-state index contributed by atoms with van der Waals surface area (Å²) in [4.78, 5) is 38.9. The lowest BCUT2D eigenvalue weighted by atomic mass is 10.1. The van der Waals surface area contributed by atoms with Gasteiger partial charge in [0.2, 0.25) is 11.8 Å². The van der Waals surface area contributed by atoms with Gasteiger partial charge in [0, 0.05) is 30.9 Å². The number of aryl methyl sites for hydroxylation is 1. The second-order valence-electron chi connectivity index (χ2n) is 9.13. The van der Waals surface area contributed by atoms with Crippen molar-refractivity contribution in [3.8, 4) is 5.75 Å². The van der Waals surface area contributed by atoms with Gasteiger partial charge in [0.15, 0.2) is 6.61 Å². The Morgan fingerprint density at radius 1 is 1.05 bits per heavy atom. The zero-order valence-corrected chi connectivity index (χ0v) is 21.6. The van der Waals surface area contributed by atoms with Gasteiger partial charge < -0.3 is 20.3 Å². The third-order valence-electron chi connectivity index (χ3n) is 6.16. The highest BCUT2D eigenvalue weighted by Gasteiger charge is 2.35. The minimum Gasteiger partial charge on any atom is -0.484 e. The van der Waals surface area contributed by atoms with Crippen molar-refractivity contribution in [2.75, 3.05) is 23.4 Å². The summed E-state index contributed by atoms with van der Waals surface area (Å²) in [7, 11) is 0. The SMILES string of the molecule is Cc1ccc(CNC(=O)[C@@H]2CC(=O)N(c3ccc(OCC(=O)Nc4ccc(Cl)c(C(F)(F)F)c4)cc3)C2)cc1. The van der Waals surface area contributed by atoms with Crippen LogP contribution in [0.4, 0.5) is 24.5 Å². The molecule has 0 aliphatic carbocycles. The van der Waals surface area contributed by atoms with Crippen molar-refractivity contribution in [1.82, 2.24) is 5.32 Å². The average Bonchev–Trinajstić information content (AvgIpc) is 3.29. The first-order valence-electron chi connectivity index (χ1n) is 12.0. The molecule has 1 aliphatic rings. The van der Waals surface area contributed by atoms with E-state index in [1.54, 1.807) is 24.3 Å². The molecule has 204 valence electrons. The van der Waals surface area contributed by atoms with Crippen molar-refractivity contribution >= 4 is 40.7 Å². The highest BCUT2D eigenvalue weighted by molar-refractivity contribution is 6.31. The van der Waals surface area contributed by atoms with Crippen LogP contribution >= 0.6 is 11.6 Å². The normalized spacial score (nSPS) is 15.3. The molecule has 3 aromatic carbocycles. The number of carbonyl (C=O) groups excluding carboxylic acids is 3. The molecule has 1 heterocycles. The molecule has 4 rings (SSSR count). The van der Waals surface area contributed by atoms with Gasteiger partial charge in [-0.1, -0.05) is 41.4 Å². The average molecular weight is 560 g/mol. The van der Waals surface area contributed by atoms with E-state index in [-0.39, 0.29) is 30.5 Å². The maximum atomic E-state index is 13.0. The summed E-state index contributed by atoms with van der Waals surface area (Å²) in [6.45, 7) is 2.15. The number of hydrogen-bond acceptors (Lipinski definition) is 4. The Kier molecular flexibility index (Phi) is 8.44. The molecule has 39 heavy (non-hydrogen) atoms. The fraction of sp³-hybridized carbons (Fsp3) is 0.250. The smallest absolute Gasteiger partial charge is 0.417 e. The van der Waals surface area contributed by atoms with Gasteiger partial charge >= 0.3 is 6.18 Å². The lowest BCUT2D eigenvalue weighted by molar-refractivity contribution is -0.137. The third-order valence-corrected chi connectivity index (χ3v) is 6.49. The largest absolute Gasteiger partial charge is 0.484 e. The van der Waals surface area contributed by atoms with Gasteiger partial charge in [-0.2, -0.15) is 13.2 Å². The van der Waals surface area contributed by atoms with Gasteiger partial charge in [-0.15, -0.1) is 0 Å². The van der Waals surface area contributed by atoms with E-state index in [1.807, 2.05) is 31.2 Å². The monoisotopic (exact) mass is 559 g/mol. The van der Waals surface area contributed by atoms with Crippen LogP contribution in [0.15, 0.2) is 66.7 Å². The maximum absolute atomic E-state index is 13.0. The number of ether oxygens (including phenoxy) is 1. The molecule has 7 nitrogen and oxygen atoms in total. The maximum Gasteiger partial charge on any atom is 0.417 e. The summed E-state index contributed by atoms with van der Waals surface area (Å²) < 4.78 is 44.4. The van der Waals surface area contributed by atoms with Gasteiger partial charge in [0.1, 0.15) is 5.75 Å². The Morgan fingerprint density at radius 3 is 2.41 bits per heavy atom. The highest BCUT2D eigenvalue weighted by atomic mass is 35.5. The molecule has 0 saturated carbocycles. The first-order chi connectivity index (χ1) is 18.5. The fourth-order valence-electron chi connectivity index (χ4n) is 4.06. The number of halogens is 4. The third kappa shape index (κ3) is 7.29. The molecular weight excluding hydrogens is 535 g/mol. The zero-order valence-electron chi connectivity index (χ0n) is 20.8. The van der Waals surface area contributed by atoms with Crippen LogP contribution < -0.4 is 20.3 Å². The van der Waals surface area contributed by atoms with E-state index in [0.717, 1.165) is 23.3 Å². The summed E-state index contributed by atoms with van der Waals surface area (Å²) >= 11 is 5.59. The summed E-state index contributed by atoms with van der Waals surface area (Å²) in [5.41, 5.74) is 1.55. The Balaban J connectivity index is 1.27. The molecule has 1 fully saturated rings. The van der Waals surface area contributed by atoms with Crippen LogP contribution in [0.3, 0.4) is 0 Å². The molecule has 0 unspecified atom stereocenters. The van der Waals surface area contributed by atoms with Crippen molar-refractivity contribution in [3.05, 3.63) is 88.4 Å². The fourth-order valence-corrected chi connectivity index (χ4v) is 4.29. The predicted molar refractivity (Wildman–Crippen MR) is 141 cm³/mol. The number of rotatable bonds is 8. The predicted octanol–water partition coefficient (Wildman–Crippen LogP) is 5.35. The van der Waals surface area contributed by atoms with Crippen LogP contribution in [0.2, 0.25) is 5.02 Å². The molecule has 0 spiro atoms. The number of benzene rings is 3. The second kappa shape index (κ2) is 11.8. The molecule has 0 aromatic heterocycles. The summed E-state index contributed by atoms with van der Waals surface area (Å²) in [6, 6.07) is 17.3. The minimum absolute atomic E-state index is 0.0688. The van der Waals surface area contributed by atoms with E-state index in [9.17, 15) is 27.6 Å². The van der Waals surface area contributed by atoms with Crippen LogP contribution in [0, 0.1) is 12.8 Å². The van der Waals surface area contributed by atoms with E-state index in [1.165, 1.54) is 11.0 Å². The Labute approximate surface area is 227 Å². The Hall–Kier alpha value is -4.05. The molecule has 11 heteroatoms. The van der Waals surface area contributed by atoms with E-state index < -0.39 is 35.2 Å². The highest BCUT2D eigenvalue weighted by Crippen LogP contribution is 2.36. The number of nitrogens with one attached hydrogen (secondary N) is 2. The second-order valence-corrected chi connectivity index (χ2v) is 9.54. The first-order valence-corrected chi connectivity index (χ1v) is 12.4. The van der Waals surface area contributed by atoms with Crippen LogP contribution in [0.5, 0.6) is 5.75 Å². The summed E-state index contributed by atoms with van der Waals surface area (Å²) in [5.74, 6) is -1.20. The van der Waals surface area contributed by atoms with E-state index in [0.29, 0.717) is 18.0 Å². The number of nitrogens with zero attached hydrogens (tertiary/aromatic N) is 1. The summed E-state index contributed by atoms with van der Waals surface area (Å²) in [6.07, 6.45) is -4.56. The lowest BCUT2D eigenvalue weighted by Gasteiger charge is -2.17. The van der Waals surface area contributed by atoms with Crippen LogP contribution in [-0.2, 0) is 27.1 Å². The van der Waals surface area contributed by atoms with Crippen molar-refractivity contribution in [2.45, 2.75) is 26.1 Å². The molecule has 3 amide bonds. The van der Waals surface area contributed by atoms with Crippen molar-refractivity contribution in [2.24, 2.45) is 5.92 Å². The van der Waals surface area contributed by atoms with Crippen LogP contribution in [-0.4, -0.2) is 30.9 Å². The van der Waals surface area contributed by atoms with Gasteiger partial charge in [-0.25, -0.2) is 0 Å². The molecule has 3 aromatic rings. The molecule has 1 aliphatic heterocycles. The number of anilines is 2. The van der Waals surface area contributed by atoms with Crippen molar-refractivity contribution in [3.63, 3.8) is 0 Å². The standard InChI is InChI=1S/C28H25ClF3N3O4/c1-17-2-4-18(5-3-17)14-33-27(38)19-12-26(37)35(15-19)21-7-9-22(10-8-21)39-16-25(36)34-20-6-11-24(29)23(13-20)28(30,31)32/h2-11,13,19H,12,14-16H2,1H3,(H,33,38)(H,34,36)/t19-/m1/s1. The summed E-state index contributed by atoms with van der Waals surface area (Å²) in [5, 5.41) is 4.75. The quantitative estimate of drug-likeness (QED) is 0.389. The first kappa shape index (κ1) is 28.0. The van der Waals surface area contributed by atoms with E-state index in [2.05, 4.69) is 10.6 Å². The minimum atomic E-state index is -4.65. The Bertz CT molecular complexity index is 1360. The number of carbonyl (C=O) groups is 3. The zero-order chi connectivity index (χ0) is 28.2. The van der Waals surface area contributed by atoms with Gasteiger partial charge in [0.25, 0.3) is 5.91 Å². The molecule has 1 saturated heterocycles. The molecule has 0 radical (unpaired) electrons. The van der Waals surface area contributed by atoms with Gasteiger partial charge in [0.05, 0.1) is 16.5 Å². The van der Waals surface area contributed by atoms with E-state index >= 15 is 0 Å². The molecule has 0 bridgehead atoms. The number of hydrogen-bond donors (Lipinski definition) is 2. The van der Waals surface area contributed by atoms with Crippen LogP contribution in [0.25, 0.3) is 0 Å². The van der Waals surface area contributed by atoms with Crippen molar-refractivity contribution < 1.29 is 32.3 Å².